The van der Waals surface area contributed by atoms with E-state index in [0.717, 1.165) is 24.9 Å². The van der Waals surface area contributed by atoms with Crippen LogP contribution in [-0.4, -0.2) is 12.6 Å². The fraction of sp³-hybridized carbons (Fsp3) is 0.529. The van der Waals surface area contributed by atoms with E-state index in [2.05, 4.69) is 18.3 Å². The Kier molecular flexibility index (Phi) is 6.06. The van der Waals surface area contributed by atoms with E-state index in [1.807, 2.05) is 0 Å². The minimum atomic E-state index is -0.271. The lowest BCUT2D eigenvalue weighted by atomic mass is 9.95. The Hall–Kier alpha value is -0.860. The molecule has 1 nitrogen and oxygen atoms in total. The largest absolute Gasteiger partial charge is 0.310 e. The molecule has 0 saturated carbocycles. The lowest BCUT2D eigenvalue weighted by Gasteiger charge is -2.22. The Bertz CT molecular complexity index is 470. The Balaban J connectivity index is 2.13. The van der Waals surface area contributed by atoms with Gasteiger partial charge in [0.15, 0.2) is 0 Å². The van der Waals surface area contributed by atoms with E-state index < -0.39 is 0 Å². The van der Waals surface area contributed by atoms with Crippen molar-refractivity contribution < 1.29 is 4.39 Å². The third-order valence-corrected chi connectivity index (χ3v) is 4.27. The zero-order valence-corrected chi connectivity index (χ0v) is 12.8. The molecule has 20 heavy (non-hydrogen) atoms. The molecule has 3 heteroatoms. The van der Waals surface area contributed by atoms with E-state index in [1.165, 1.54) is 43.4 Å². The summed E-state index contributed by atoms with van der Waals surface area (Å²) >= 11 is 6.16. The van der Waals surface area contributed by atoms with Gasteiger partial charge in [-0.05, 0) is 56.3 Å². The van der Waals surface area contributed by atoms with E-state index in [-0.39, 0.29) is 5.82 Å². The highest BCUT2D eigenvalue weighted by Gasteiger charge is 2.16. The van der Waals surface area contributed by atoms with Gasteiger partial charge in [0, 0.05) is 11.1 Å². The summed E-state index contributed by atoms with van der Waals surface area (Å²) < 4.78 is 13.1. The molecule has 0 amide bonds. The number of halogens is 2. The predicted molar refractivity (Wildman–Crippen MR) is 83.7 cm³/mol. The van der Waals surface area contributed by atoms with Crippen molar-refractivity contribution in [1.29, 1.82) is 0 Å². The zero-order chi connectivity index (χ0) is 14.4. The molecule has 1 unspecified atom stereocenters. The number of nitrogens with one attached hydrogen (secondary N) is 1. The van der Waals surface area contributed by atoms with Gasteiger partial charge in [-0.3, -0.25) is 0 Å². The normalized spacial score (nSPS) is 17.4. The van der Waals surface area contributed by atoms with Gasteiger partial charge in [0.2, 0.25) is 0 Å². The third-order valence-electron chi connectivity index (χ3n) is 3.91. The van der Waals surface area contributed by atoms with E-state index in [0.29, 0.717) is 11.1 Å². The summed E-state index contributed by atoms with van der Waals surface area (Å²) in [6.07, 6.45) is 9.43. The van der Waals surface area contributed by atoms with Crippen LogP contribution in [0.2, 0.25) is 5.02 Å². The van der Waals surface area contributed by atoms with Crippen LogP contribution < -0.4 is 5.32 Å². The van der Waals surface area contributed by atoms with Crippen molar-refractivity contribution in [2.45, 2.75) is 51.5 Å². The molecule has 2 rings (SSSR count). The highest BCUT2D eigenvalue weighted by atomic mass is 35.5. The number of rotatable bonds is 5. The molecule has 0 aliphatic heterocycles. The smallest absolute Gasteiger partial charge is 0.124 e. The van der Waals surface area contributed by atoms with Gasteiger partial charge < -0.3 is 5.32 Å². The third kappa shape index (κ3) is 4.32. The number of benzene rings is 1. The van der Waals surface area contributed by atoms with E-state index >= 15 is 0 Å². The summed E-state index contributed by atoms with van der Waals surface area (Å²) in [5.41, 5.74) is 2.51. The monoisotopic (exact) mass is 295 g/mol. The average molecular weight is 296 g/mol. The van der Waals surface area contributed by atoms with Crippen LogP contribution in [0, 0.1) is 5.82 Å². The van der Waals surface area contributed by atoms with Gasteiger partial charge in [0.05, 0.1) is 0 Å². The zero-order valence-electron chi connectivity index (χ0n) is 12.1. The molecule has 1 aliphatic carbocycles. The van der Waals surface area contributed by atoms with E-state index in [9.17, 15) is 4.39 Å². The van der Waals surface area contributed by atoms with Crippen LogP contribution in [-0.2, 0) is 6.42 Å². The number of likely N-dealkylation sites (N-methyl/N-ethyl adjacent to an activating group) is 1. The van der Waals surface area contributed by atoms with E-state index in [1.54, 1.807) is 6.07 Å². The molecule has 1 aromatic carbocycles. The lowest BCUT2D eigenvalue weighted by Crippen LogP contribution is -2.33. The van der Waals surface area contributed by atoms with Crippen molar-refractivity contribution in [3.8, 4) is 0 Å². The average Bonchev–Trinajstić information content (AvgIpc) is 2.70. The van der Waals surface area contributed by atoms with Crippen LogP contribution in [0.15, 0.2) is 29.8 Å². The number of hydrogen-bond acceptors (Lipinski definition) is 1. The van der Waals surface area contributed by atoms with Crippen LogP contribution in [0.3, 0.4) is 0 Å². The maximum Gasteiger partial charge on any atom is 0.124 e. The van der Waals surface area contributed by atoms with Gasteiger partial charge >= 0.3 is 0 Å². The SMILES string of the molecule is CCNC(Cc1ccc(F)cc1Cl)C1=CCCCCC1. The maximum atomic E-state index is 13.1. The molecule has 0 spiro atoms. The fourth-order valence-corrected chi connectivity index (χ4v) is 3.09. The van der Waals surface area contributed by atoms with Gasteiger partial charge in [-0.15, -0.1) is 0 Å². The summed E-state index contributed by atoms with van der Waals surface area (Å²) in [7, 11) is 0. The molecule has 0 saturated heterocycles. The molecule has 1 aliphatic rings. The van der Waals surface area contributed by atoms with Crippen molar-refractivity contribution in [2.75, 3.05) is 6.54 Å². The van der Waals surface area contributed by atoms with Crippen molar-refractivity contribution in [3.05, 3.63) is 46.3 Å². The second-order valence-electron chi connectivity index (χ2n) is 5.43. The van der Waals surface area contributed by atoms with Gasteiger partial charge in [-0.1, -0.05) is 42.7 Å². The summed E-state index contributed by atoms with van der Waals surface area (Å²) in [5, 5.41) is 4.08. The van der Waals surface area contributed by atoms with Crippen LogP contribution in [0.4, 0.5) is 4.39 Å². The Labute approximate surface area is 126 Å². The Morgan fingerprint density at radius 2 is 2.15 bits per heavy atom. The first-order chi connectivity index (χ1) is 9.70. The molecular weight excluding hydrogens is 273 g/mol. The number of allylic oxidation sites excluding steroid dienone is 1. The van der Waals surface area contributed by atoms with Gasteiger partial charge in [-0.25, -0.2) is 4.39 Å². The molecule has 0 aromatic heterocycles. The maximum absolute atomic E-state index is 13.1. The van der Waals surface area contributed by atoms with Crippen molar-refractivity contribution in [3.63, 3.8) is 0 Å². The minimum Gasteiger partial charge on any atom is -0.310 e. The Morgan fingerprint density at radius 3 is 2.90 bits per heavy atom. The first-order valence-electron chi connectivity index (χ1n) is 7.57. The minimum absolute atomic E-state index is 0.271. The second-order valence-corrected chi connectivity index (χ2v) is 5.84. The molecule has 0 fully saturated rings. The summed E-state index contributed by atoms with van der Waals surface area (Å²) in [4.78, 5) is 0. The highest BCUT2D eigenvalue weighted by Crippen LogP contribution is 2.25. The fourth-order valence-electron chi connectivity index (χ4n) is 2.84. The molecule has 1 aromatic rings. The first-order valence-corrected chi connectivity index (χ1v) is 7.94. The topological polar surface area (TPSA) is 12.0 Å². The summed E-state index contributed by atoms with van der Waals surface area (Å²) in [6.45, 7) is 3.05. The van der Waals surface area contributed by atoms with Crippen LogP contribution in [0.25, 0.3) is 0 Å². The lowest BCUT2D eigenvalue weighted by molar-refractivity contribution is 0.561. The predicted octanol–water partition coefficient (Wildman–Crippen LogP) is 4.89. The van der Waals surface area contributed by atoms with Crippen molar-refractivity contribution in [2.24, 2.45) is 0 Å². The van der Waals surface area contributed by atoms with Gasteiger partial charge in [-0.2, -0.15) is 0 Å². The van der Waals surface area contributed by atoms with Gasteiger partial charge in [0.25, 0.3) is 0 Å². The van der Waals surface area contributed by atoms with E-state index in [4.69, 9.17) is 11.6 Å². The standard InChI is InChI=1S/C17H23ClFN/c1-2-20-17(13-7-5-3-4-6-8-13)11-14-9-10-15(19)12-16(14)18/h7,9-10,12,17,20H,2-6,8,11H2,1H3. The molecule has 1 N–H and O–H groups in total. The quantitative estimate of drug-likeness (QED) is 0.763. The highest BCUT2D eigenvalue weighted by molar-refractivity contribution is 6.31. The van der Waals surface area contributed by atoms with Crippen LogP contribution >= 0.6 is 11.6 Å². The van der Waals surface area contributed by atoms with Gasteiger partial charge in [0.1, 0.15) is 5.82 Å². The second kappa shape index (κ2) is 7.80. The molecule has 0 heterocycles. The summed E-state index contributed by atoms with van der Waals surface area (Å²) in [5.74, 6) is -0.271. The van der Waals surface area contributed by atoms with Crippen LogP contribution in [0.5, 0.6) is 0 Å². The number of hydrogen-bond donors (Lipinski definition) is 1. The van der Waals surface area contributed by atoms with Crippen LogP contribution in [0.1, 0.15) is 44.6 Å². The molecule has 0 bridgehead atoms. The Morgan fingerprint density at radius 1 is 1.30 bits per heavy atom. The molecule has 110 valence electrons. The van der Waals surface area contributed by atoms with Crippen molar-refractivity contribution >= 4 is 11.6 Å². The molecule has 0 radical (unpaired) electrons. The molecule has 1 atom stereocenters. The summed E-state index contributed by atoms with van der Waals surface area (Å²) in [6, 6.07) is 5.02. The first kappa shape index (κ1) is 15.5. The van der Waals surface area contributed by atoms with Crippen molar-refractivity contribution in [1.82, 2.24) is 5.32 Å². The molecular formula is C17H23ClFN.